The summed E-state index contributed by atoms with van der Waals surface area (Å²) in [4.78, 5) is 14.1. The number of carbonyl (C=O) groups is 1. The molecule has 2 fully saturated rings. The number of amides is 2. The second-order valence-corrected chi connectivity index (χ2v) is 7.68. The van der Waals surface area contributed by atoms with Crippen molar-refractivity contribution < 1.29 is 13.2 Å². The second kappa shape index (κ2) is 6.76. The van der Waals surface area contributed by atoms with E-state index < -0.39 is 10.0 Å². The van der Waals surface area contributed by atoms with Crippen LogP contribution in [-0.4, -0.2) is 51.3 Å². The molecular weight excluding hydrogens is 278 g/mol. The quantitative estimate of drug-likeness (QED) is 0.741. The normalized spacial score (nSPS) is 24.2. The molecule has 2 aliphatic rings. The standard InChI is InChI=1S/C13H25N3O3S/c1-20(18,19)15-9-8-14-13(17)16-10-4-7-12(16)11-5-2-3-6-11/h11-12,15H,2-10H2,1H3,(H,14,17). The van der Waals surface area contributed by atoms with Gasteiger partial charge in [-0.2, -0.15) is 0 Å². The monoisotopic (exact) mass is 303 g/mol. The third-order valence-corrected chi connectivity index (χ3v) is 5.00. The molecule has 6 nitrogen and oxygen atoms in total. The molecule has 0 aromatic carbocycles. The molecule has 1 unspecified atom stereocenters. The van der Waals surface area contributed by atoms with Crippen LogP contribution in [0.3, 0.4) is 0 Å². The SMILES string of the molecule is CS(=O)(=O)NCCNC(=O)N1CCCC1C1CCCC1. The van der Waals surface area contributed by atoms with E-state index in [-0.39, 0.29) is 12.6 Å². The van der Waals surface area contributed by atoms with Gasteiger partial charge in [0.05, 0.1) is 6.26 Å². The third-order valence-electron chi connectivity index (χ3n) is 4.27. The van der Waals surface area contributed by atoms with Crippen molar-refractivity contribution in [2.75, 3.05) is 25.9 Å². The highest BCUT2D eigenvalue weighted by Crippen LogP contribution is 2.35. The van der Waals surface area contributed by atoms with Gasteiger partial charge in [-0.05, 0) is 31.6 Å². The average molecular weight is 303 g/mol. The van der Waals surface area contributed by atoms with Gasteiger partial charge in [-0.15, -0.1) is 0 Å². The van der Waals surface area contributed by atoms with Gasteiger partial charge < -0.3 is 10.2 Å². The van der Waals surface area contributed by atoms with E-state index in [9.17, 15) is 13.2 Å². The Morgan fingerprint density at radius 3 is 2.50 bits per heavy atom. The molecule has 1 aliphatic heterocycles. The smallest absolute Gasteiger partial charge is 0.317 e. The molecule has 0 radical (unpaired) electrons. The minimum absolute atomic E-state index is 0.0466. The maximum absolute atomic E-state index is 12.2. The Morgan fingerprint density at radius 1 is 1.15 bits per heavy atom. The van der Waals surface area contributed by atoms with Gasteiger partial charge in [-0.25, -0.2) is 17.9 Å². The van der Waals surface area contributed by atoms with Gasteiger partial charge in [0, 0.05) is 25.7 Å². The van der Waals surface area contributed by atoms with Crippen molar-refractivity contribution >= 4 is 16.1 Å². The van der Waals surface area contributed by atoms with Crippen molar-refractivity contribution in [3.05, 3.63) is 0 Å². The molecule has 7 heteroatoms. The second-order valence-electron chi connectivity index (χ2n) is 5.85. The summed E-state index contributed by atoms with van der Waals surface area (Å²) in [5.41, 5.74) is 0. The number of nitrogens with one attached hydrogen (secondary N) is 2. The first kappa shape index (κ1) is 15.6. The molecule has 1 aliphatic carbocycles. The molecular formula is C13H25N3O3S. The van der Waals surface area contributed by atoms with Crippen molar-refractivity contribution in [2.24, 2.45) is 5.92 Å². The topological polar surface area (TPSA) is 78.5 Å². The summed E-state index contributed by atoms with van der Waals surface area (Å²) in [6, 6.07) is 0.343. The molecule has 2 amide bonds. The minimum atomic E-state index is -3.18. The molecule has 0 bridgehead atoms. The predicted octanol–water partition coefficient (Wildman–Crippen LogP) is 0.900. The summed E-state index contributed by atoms with van der Waals surface area (Å²) in [6.45, 7) is 1.40. The maximum Gasteiger partial charge on any atom is 0.317 e. The number of hydrogen-bond acceptors (Lipinski definition) is 3. The lowest BCUT2D eigenvalue weighted by atomic mass is 9.96. The van der Waals surface area contributed by atoms with Gasteiger partial charge in [0.1, 0.15) is 0 Å². The van der Waals surface area contributed by atoms with Gasteiger partial charge in [0.15, 0.2) is 0 Å². The Labute approximate surface area is 121 Å². The molecule has 2 N–H and O–H groups in total. The number of carbonyl (C=O) groups excluding carboxylic acids is 1. The van der Waals surface area contributed by atoms with Crippen molar-refractivity contribution in [3.63, 3.8) is 0 Å². The number of urea groups is 1. The molecule has 2 rings (SSSR count). The number of sulfonamides is 1. The summed E-state index contributed by atoms with van der Waals surface area (Å²) >= 11 is 0. The molecule has 0 aromatic rings. The van der Waals surface area contributed by atoms with Crippen LogP contribution in [0.5, 0.6) is 0 Å². The molecule has 20 heavy (non-hydrogen) atoms. The minimum Gasteiger partial charge on any atom is -0.337 e. The van der Waals surface area contributed by atoms with Crippen molar-refractivity contribution in [1.29, 1.82) is 0 Å². The van der Waals surface area contributed by atoms with E-state index in [0.717, 1.165) is 25.6 Å². The predicted molar refractivity (Wildman–Crippen MR) is 77.9 cm³/mol. The van der Waals surface area contributed by atoms with Gasteiger partial charge in [0.2, 0.25) is 10.0 Å². The fourth-order valence-electron chi connectivity index (χ4n) is 3.38. The van der Waals surface area contributed by atoms with Crippen LogP contribution in [0.1, 0.15) is 38.5 Å². The summed E-state index contributed by atoms with van der Waals surface area (Å²) in [7, 11) is -3.18. The van der Waals surface area contributed by atoms with Crippen molar-refractivity contribution in [3.8, 4) is 0 Å². The fourth-order valence-corrected chi connectivity index (χ4v) is 3.86. The van der Waals surface area contributed by atoms with Crippen molar-refractivity contribution in [2.45, 2.75) is 44.6 Å². The van der Waals surface area contributed by atoms with E-state index >= 15 is 0 Å². The zero-order valence-electron chi connectivity index (χ0n) is 12.1. The lowest BCUT2D eigenvalue weighted by Crippen LogP contribution is -2.47. The van der Waals surface area contributed by atoms with E-state index in [0.29, 0.717) is 18.5 Å². The largest absolute Gasteiger partial charge is 0.337 e. The Morgan fingerprint density at radius 2 is 1.85 bits per heavy atom. The third kappa shape index (κ3) is 4.34. The lowest BCUT2D eigenvalue weighted by molar-refractivity contribution is 0.173. The molecule has 1 heterocycles. The van der Waals surface area contributed by atoms with Crippen LogP contribution in [0, 0.1) is 5.92 Å². The van der Waals surface area contributed by atoms with Crippen LogP contribution >= 0.6 is 0 Å². The van der Waals surface area contributed by atoms with Crippen LogP contribution < -0.4 is 10.0 Å². The van der Waals surface area contributed by atoms with E-state index in [1.165, 1.54) is 25.7 Å². The first-order valence-electron chi connectivity index (χ1n) is 7.46. The Bertz CT molecular complexity index is 432. The molecule has 116 valence electrons. The van der Waals surface area contributed by atoms with E-state index in [4.69, 9.17) is 0 Å². The highest BCUT2D eigenvalue weighted by molar-refractivity contribution is 7.88. The summed E-state index contributed by atoms with van der Waals surface area (Å²) in [5, 5.41) is 2.81. The Balaban J connectivity index is 1.76. The number of nitrogens with zero attached hydrogens (tertiary/aromatic N) is 1. The summed E-state index contributed by atoms with van der Waals surface area (Å²) in [5.74, 6) is 0.664. The Kier molecular flexibility index (Phi) is 5.26. The van der Waals surface area contributed by atoms with Crippen LogP contribution in [0.15, 0.2) is 0 Å². The van der Waals surface area contributed by atoms with Gasteiger partial charge in [0.25, 0.3) is 0 Å². The Hall–Kier alpha value is -0.820. The molecule has 1 saturated carbocycles. The van der Waals surface area contributed by atoms with Gasteiger partial charge in [-0.1, -0.05) is 12.8 Å². The van der Waals surface area contributed by atoms with E-state index in [1.54, 1.807) is 0 Å². The van der Waals surface area contributed by atoms with Crippen LogP contribution in [0.25, 0.3) is 0 Å². The first-order valence-corrected chi connectivity index (χ1v) is 9.35. The zero-order valence-corrected chi connectivity index (χ0v) is 12.9. The molecule has 0 aromatic heterocycles. The van der Waals surface area contributed by atoms with Crippen LogP contribution in [0.2, 0.25) is 0 Å². The van der Waals surface area contributed by atoms with E-state index in [1.807, 2.05) is 4.90 Å². The van der Waals surface area contributed by atoms with Crippen molar-refractivity contribution in [1.82, 2.24) is 14.9 Å². The summed E-state index contributed by atoms with van der Waals surface area (Å²) in [6.07, 6.45) is 8.36. The van der Waals surface area contributed by atoms with Gasteiger partial charge in [-0.3, -0.25) is 0 Å². The summed E-state index contributed by atoms with van der Waals surface area (Å²) < 4.78 is 24.2. The average Bonchev–Trinajstić information content (AvgIpc) is 3.01. The lowest BCUT2D eigenvalue weighted by Gasteiger charge is -2.29. The van der Waals surface area contributed by atoms with Crippen LogP contribution in [-0.2, 0) is 10.0 Å². The maximum atomic E-state index is 12.2. The molecule has 1 saturated heterocycles. The molecule has 0 spiro atoms. The number of rotatable bonds is 5. The number of likely N-dealkylation sites (tertiary alicyclic amines) is 1. The fraction of sp³-hybridized carbons (Fsp3) is 0.923. The highest BCUT2D eigenvalue weighted by Gasteiger charge is 2.35. The molecule has 1 atom stereocenters. The first-order chi connectivity index (χ1) is 9.47. The number of hydrogen-bond donors (Lipinski definition) is 2. The highest BCUT2D eigenvalue weighted by atomic mass is 32.2. The van der Waals surface area contributed by atoms with E-state index in [2.05, 4.69) is 10.0 Å². The van der Waals surface area contributed by atoms with Gasteiger partial charge >= 0.3 is 6.03 Å². The zero-order chi connectivity index (χ0) is 14.6. The van der Waals surface area contributed by atoms with Crippen LogP contribution in [0.4, 0.5) is 4.79 Å².